The number of rotatable bonds is 2. The zero-order chi connectivity index (χ0) is 10.3. The van der Waals surface area contributed by atoms with Crippen molar-refractivity contribution in [2.24, 2.45) is 5.92 Å². The van der Waals surface area contributed by atoms with Gasteiger partial charge in [-0.05, 0) is 30.9 Å². The van der Waals surface area contributed by atoms with Crippen LogP contribution in [0.3, 0.4) is 0 Å². The van der Waals surface area contributed by atoms with Gasteiger partial charge in [0.2, 0.25) is 5.91 Å². The minimum atomic E-state index is 0.0805. The molecule has 0 bridgehead atoms. The summed E-state index contributed by atoms with van der Waals surface area (Å²) in [5, 5.41) is 0. The van der Waals surface area contributed by atoms with Crippen molar-refractivity contribution in [1.29, 1.82) is 0 Å². The van der Waals surface area contributed by atoms with Crippen LogP contribution in [0.1, 0.15) is 26.2 Å². The fourth-order valence-corrected chi connectivity index (χ4v) is 3.53. The van der Waals surface area contributed by atoms with Crippen LogP contribution in [0, 0.1) is 5.92 Å². The zero-order valence-electron chi connectivity index (χ0n) is 8.88. The lowest BCUT2D eigenvalue weighted by Gasteiger charge is -2.33. The van der Waals surface area contributed by atoms with Gasteiger partial charge in [-0.3, -0.25) is 4.79 Å². The van der Waals surface area contributed by atoms with Gasteiger partial charge >= 0.3 is 0 Å². The number of hydrogen-bond donors (Lipinski definition) is 0. The Balaban J connectivity index is 2.24. The van der Waals surface area contributed by atoms with Gasteiger partial charge in [0, 0.05) is 24.4 Å². The summed E-state index contributed by atoms with van der Waals surface area (Å²) in [6.07, 6.45) is 4.91. The molecule has 0 aromatic carbocycles. The van der Waals surface area contributed by atoms with Crippen molar-refractivity contribution in [3.63, 3.8) is 0 Å². The van der Waals surface area contributed by atoms with Crippen molar-refractivity contribution >= 4 is 17.7 Å². The topological polar surface area (TPSA) is 20.3 Å². The third-order valence-electron chi connectivity index (χ3n) is 3.81. The maximum Gasteiger partial charge on any atom is 0.223 e. The van der Waals surface area contributed by atoms with E-state index in [0.717, 1.165) is 25.8 Å². The fourth-order valence-electron chi connectivity index (χ4n) is 2.88. The highest BCUT2D eigenvalue weighted by Gasteiger charge is 2.51. The number of amides is 1. The molecule has 0 spiro atoms. The molecule has 2 rings (SSSR count). The minimum absolute atomic E-state index is 0.0805. The van der Waals surface area contributed by atoms with Crippen molar-refractivity contribution in [3.8, 4) is 0 Å². The van der Waals surface area contributed by atoms with Gasteiger partial charge in [-0.1, -0.05) is 6.58 Å². The first-order valence-corrected chi connectivity index (χ1v) is 6.35. The first-order chi connectivity index (χ1) is 6.59. The Bertz CT molecular complexity index is 289. The van der Waals surface area contributed by atoms with Crippen molar-refractivity contribution in [3.05, 3.63) is 11.5 Å². The van der Waals surface area contributed by atoms with Crippen LogP contribution in [0.15, 0.2) is 11.5 Å². The summed E-state index contributed by atoms with van der Waals surface area (Å²) in [7, 11) is 0. The molecule has 0 saturated carbocycles. The minimum Gasteiger partial charge on any atom is -0.337 e. The van der Waals surface area contributed by atoms with Gasteiger partial charge in [0.25, 0.3) is 0 Å². The summed E-state index contributed by atoms with van der Waals surface area (Å²) in [6, 6.07) is 0. The van der Waals surface area contributed by atoms with Crippen LogP contribution >= 0.6 is 11.8 Å². The highest BCUT2D eigenvalue weighted by atomic mass is 32.2. The molecular formula is C11H17NOS. The predicted molar refractivity (Wildman–Crippen MR) is 60.1 cm³/mol. The Kier molecular flexibility index (Phi) is 2.38. The molecule has 2 heterocycles. The smallest absolute Gasteiger partial charge is 0.223 e. The van der Waals surface area contributed by atoms with Crippen LogP contribution < -0.4 is 0 Å². The quantitative estimate of drug-likeness (QED) is 0.698. The van der Waals surface area contributed by atoms with Crippen LogP contribution in [-0.2, 0) is 4.79 Å². The van der Waals surface area contributed by atoms with Gasteiger partial charge in [0.1, 0.15) is 0 Å². The standard InChI is InChI=1S/C11H17NOS/c1-8(14-3)9-5-7-12-10(13)4-6-11(9,12)2/h9H,1,4-7H2,2-3H3/t9-,11+/m0/s1. The Morgan fingerprint density at radius 1 is 1.71 bits per heavy atom. The number of nitrogens with zero attached hydrogens (tertiary/aromatic N) is 1. The van der Waals surface area contributed by atoms with E-state index in [4.69, 9.17) is 0 Å². The van der Waals surface area contributed by atoms with E-state index >= 15 is 0 Å². The molecule has 2 nitrogen and oxygen atoms in total. The van der Waals surface area contributed by atoms with E-state index in [2.05, 4.69) is 24.7 Å². The van der Waals surface area contributed by atoms with Crippen LogP contribution in [0.2, 0.25) is 0 Å². The molecule has 2 saturated heterocycles. The van der Waals surface area contributed by atoms with E-state index in [1.807, 2.05) is 0 Å². The first-order valence-electron chi connectivity index (χ1n) is 5.13. The molecule has 14 heavy (non-hydrogen) atoms. The van der Waals surface area contributed by atoms with E-state index in [9.17, 15) is 4.79 Å². The molecule has 0 aromatic rings. The molecule has 2 aliphatic rings. The molecule has 0 radical (unpaired) electrons. The first kappa shape index (κ1) is 10.1. The number of hydrogen-bond acceptors (Lipinski definition) is 2. The summed E-state index contributed by atoms with van der Waals surface area (Å²) < 4.78 is 0. The maximum atomic E-state index is 11.6. The monoisotopic (exact) mass is 211 g/mol. The van der Waals surface area contributed by atoms with Gasteiger partial charge in [-0.2, -0.15) is 0 Å². The summed E-state index contributed by atoms with van der Waals surface area (Å²) in [4.78, 5) is 14.9. The van der Waals surface area contributed by atoms with E-state index < -0.39 is 0 Å². The molecule has 1 amide bonds. The summed E-state index contributed by atoms with van der Waals surface area (Å²) in [5.41, 5.74) is 0.0805. The van der Waals surface area contributed by atoms with Gasteiger partial charge < -0.3 is 4.90 Å². The SMILES string of the molecule is C=C(SC)[C@@H]1CCN2C(=O)CC[C@]12C. The molecule has 0 unspecified atom stereocenters. The molecule has 3 heteroatoms. The molecular weight excluding hydrogens is 194 g/mol. The highest BCUT2D eigenvalue weighted by molar-refractivity contribution is 8.02. The van der Waals surface area contributed by atoms with E-state index in [1.165, 1.54) is 4.91 Å². The molecule has 0 aliphatic carbocycles. The maximum absolute atomic E-state index is 11.6. The van der Waals surface area contributed by atoms with E-state index in [0.29, 0.717) is 11.8 Å². The lowest BCUT2D eigenvalue weighted by molar-refractivity contribution is -0.129. The van der Waals surface area contributed by atoms with Crippen molar-refractivity contribution < 1.29 is 4.79 Å². The summed E-state index contributed by atoms with van der Waals surface area (Å²) >= 11 is 1.74. The van der Waals surface area contributed by atoms with Crippen LogP contribution in [0.25, 0.3) is 0 Å². The summed E-state index contributed by atoms with van der Waals surface area (Å²) in [5.74, 6) is 0.841. The molecule has 2 atom stereocenters. The summed E-state index contributed by atoms with van der Waals surface area (Å²) in [6.45, 7) is 7.26. The molecule has 0 aromatic heterocycles. The Hall–Kier alpha value is -0.440. The van der Waals surface area contributed by atoms with Crippen LogP contribution in [-0.4, -0.2) is 29.1 Å². The van der Waals surface area contributed by atoms with Crippen molar-refractivity contribution in [1.82, 2.24) is 4.90 Å². The Morgan fingerprint density at radius 3 is 3.07 bits per heavy atom. The zero-order valence-corrected chi connectivity index (χ0v) is 9.69. The van der Waals surface area contributed by atoms with Crippen LogP contribution in [0.5, 0.6) is 0 Å². The molecule has 0 N–H and O–H groups in total. The van der Waals surface area contributed by atoms with Crippen molar-refractivity contribution in [2.75, 3.05) is 12.8 Å². The second-order valence-electron chi connectivity index (χ2n) is 4.41. The largest absolute Gasteiger partial charge is 0.337 e. The molecule has 78 valence electrons. The number of carbonyl (C=O) groups is 1. The van der Waals surface area contributed by atoms with Gasteiger partial charge in [-0.25, -0.2) is 0 Å². The van der Waals surface area contributed by atoms with E-state index in [1.54, 1.807) is 11.8 Å². The second-order valence-corrected chi connectivity index (χ2v) is 5.35. The molecule has 2 fully saturated rings. The van der Waals surface area contributed by atoms with Crippen LogP contribution in [0.4, 0.5) is 0 Å². The van der Waals surface area contributed by atoms with Crippen molar-refractivity contribution in [2.45, 2.75) is 31.7 Å². The fraction of sp³-hybridized carbons (Fsp3) is 0.727. The van der Waals surface area contributed by atoms with Gasteiger partial charge in [0.05, 0.1) is 0 Å². The van der Waals surface area contributed by atoms with E-state index in [-0.39, 0.29) is 5.54 Å². The lowest BCUT2D eigenvalue weighted by Crippen LogP contribution is -2.41. The van der Waals surface area contributed by atoms with Gasteiger partial charge in [0.15, 0.2) is 0 Å². The third-order valence-corrected chi connectivity index (χ3v) is 4.61. The lowest BCUT2D eigenvalue weighted by atomic mass is 9.85. The predicted octanol–water partition coefficient (Wildman–Crippen LogP) is 2.26. The second kappa shape index (κ2) is 3.30. The highest BCUT2D eigenvalue weighted by Crippen LogP contribution is 2.48. The van der Waals surface area contributed by atoms with Gasteiger partial charge in [-0.15, -0.1) is 11.8 Å². The number of carbonyl (C=O) groups excluding carboxylic acids is 1. The third kappa shape index (κ3) is 1.22. The normalized spacial score (nSPS) is 36.3. The Labute approximate surface area is 89.7 Å². The average Bonchev–Trinajstić information content (AvgIpc) is 2.64. The molecule has 2 aliphatic heterocycles. The average molecular weight is 211 g/mol. The number of thioether (sulfide) groups is 1. The number of fused-ring (bicyclic) bond motifs is 1. The Morgan fingerprint density at radius 2 is 2.43 bits per heavy atom.